The van der Waals surface area contributed by atoms with Gasteiger partial charge in [0.2, 0.25) is 0 Å². The van der Waals surface area contributed by atoms with Crippen LogP contribution in [-0.4, -0.2) is 20.7 Å². The summed E-state index contributed by atoms with van der Waals surface area (Å²) in [7, 11) is -1.55. The monoisotopic (exact) mass is 274 g/mol. The van der Waals surface area contributed by atoms with Gasteiger partial charge in [0.05, 0.1) is 14.7 Å². The predicted octanol–water partition coefficient (Wildman–Crippen LogP) is 3.45. The lowest BCUT2D eigenvalue weighted by atomic mass is 10.0. The van der Waals surface area contributed by atoms with Crippen LogP contribution in [0.5, 0.6) is 0 Å². The summed E-state index contributed by atoms with van der Waals surface area (Å²) in [5, 5.41) is 1.34. The van der Waals surface area contributed by atoms with E-state index in [1.165, 1.54) is 16.3 Å². The highest BCUT2D eigenvalue weighted by Crippen LogP contribution is 2.30. The maximum atomic E-state index is 11.7. The third kappa shape index (κ3) is 3.35. The van der Waals surface area contributed by atoms with Crippen LogP contribution < -0.4 is 0 Å². The van der Waals surface area contributed by atoms with Crippen LogP contribution >= 0.6 is 0 Å². The van der Waals surface area contributed by atoms with E-state index in [2.05, 4.69) is 37.4 Å². The van der Waals surface area contributed by atoms with E-state index in [9.17, 15) is 4.79 Å². The summed E-state index contributed by atoms with van der Waals surface area (Å²) in [6.07, 6.45) is 3.80. The molecule has 0 N–H and O–H groups in total. The van der Waals surface area contributed by atoms with E-state index in [4.69, 9.17) is 4.74 Å². The SMILES string of the molecule is CCOC(=O)/C=C1\CCc2ccccc2C[Si]1(C)C. The molecule has 0 aliphatic carbocycles. The van der Waals surface area contributed by atoms with Gasteiger partial charge in [-0.1, -0.05) is 42.6 Å². The lowest BCUT2D eigenvalue weighted by molar-refractivity contribution is -0.137. The van der Waals surface area contributed by atoms with E-state index in [0.29, 0.717) is 6.61 Å². The standard InChI is InChI=1S/C16H22O2Si/c1-4-18-16(17)11-15-10-9-13-7-5-6-8-14(13)12-19(15,2)3/h5-8,11H,4,9-10,12H2,1-3H3/b15-11+. The minimum Gasteiger partial charge on any atom is -0.463 e. The number of carbonyl (C=O) groups is 1. The number of benzene rings is 1. The molecular weight excluding hydrogens is 252 g/mol. The number of carbonyl (C=O) groups excluding carboxylic acids is 1. The minimum absolute atomic E-state index is 0.177. The first-order valence-electron chi connectivity index (χ1n) is 6.97. The van der Waals surface area contributed by atoms with Gasteiger partial charge in [-0.25, -0.2) is 4.79 Å². The topological polar surface area (TPSA) is 26.3 Å². The van der Waals surface area contributed by atoms with E-state index in [0.717, 1.165) is 18.9 Å². The Hall–Kier alpha value is -1.35. The molecule has 0 amide bonds. The molecule has 0 bridgehead atoms. The molecular formula is C16H22O2Si. The van der Waals surface area contributed by atoms with Crippen LogP contribution in [0.25, 0.3) is 0 Å². The van der Waals surface area contributed by atoms with Gasteiger partial charge in [0.1, 0.15) is 0 Å². The molecule has 1 aliphatic heterocycles. The second kappa shape index (κ2) is 5.74. The van der Waals surface area contributed by atoms with Crippen LogP contribution in [0.3, 0.4) is 0 Å². The smallest absolute Gasteiger partial charge is 0.330 e. The Morgan fingerprint density at radius 3 is 2.63 bits per heavy atom. The number of fused-ring (bicyclic) bond motifs is 1. The number of hydrogen-bond acceptors (Lipinski definition) is 2. The average molecular weight is 274 g/mol. The first kappa shape index (κ1) is 14.1. The lowest BCUT2D eigenvalue weighted by Crippen LogP contribution is -2.32. The normalized spacial score (nSPS) is 19.6. The van der Waals surface area contributed by atoms with E-state index < -0.39 is 8.07 Å². The molecule has 0 atom stereocenters. The number of esters is 1. The fourth-order valence-electron chi connectivity index (χ4n) is 2.76. The first-order valence-corrected chi connectivity index (χ1v) is 10.2. The Morgan fingerprint density at radius 2 is 1.95 bits per heavy atom. The molecule has 0 saturated carbocycles. The Morgan fingerprint density at radius 1 is 1.26 bits per heavy atom. The van der Waals surface area contributed by atoms with Crippen LogP contribution in [0.1, 0.15) is 24.5 Å². The highest BCUT2D eigenvalue weighted by molar-refractivity contribution is 6.84. The Bertz CT molecular complexity index is 503. The van der Waals surface area contributed by atoms with Crippen molar-refractivity contribution >= 4 is 14.0 Å². The molecule has 19 heavy (non-hydrogen) atoms. The highest BCUT2D eigenvalue weighted by atomic mass is 28.3. The summed E-state index contributed by atoms with van der Waals surface area (Å²) in [5.74, 6) is -0.177. The van der Waals surface area contributed by atoms with Crippen molar-refractivity contribution in [2.75, 3.05) is 6.61 Å². The molecule has 1 aromatic carbocycles. The third-order valence-corrected chi connectivity index (χ3v) is 7.26. The van der Waals surface area contributed by atoms with Gasteiger partial charge in [-0.3, -0.25) is 0 Å². The molecule has 0 unspecified atom stereocenters. The van der Waals surface area contributed by atoms with E-state index >= 15 is 0 Å². The third-order valence-electron chi connectivity index (χ3n) is 3.86. The summed E-state index contributed by atoms with van der Waals surface area (Å²) in [6.45, 7) is 6.99. The molecule has 2 nitrogen and oxygen atoms in total. The van der Waals surface area contributed by atoms with E-state index in [1.54, 1.807) is 6.08 Å². The van der Waals surface area contributed by atoms with E-state index in [1.807, 2.05) is 6.92 Å². The van der Waals surface area contributed by atoms with Crippen LogP contribution in [0, 0.1) is 0 Å². The Kier molecular flexibility index (Phi) is 4.25. The number of allylic oxidation sites excluding steroid dienone is 1. The van der Waals surface area contributed by atoms with Crippen molar-refractivity contribution in [3.05, 3.63) is 46.7 Å². The summed E-state index contributed by atoms with van der Waals surface area (Å²) >= 11 is 0. The van der Waals surface area contributed by atoms with Crippen molar-refractivity contribution in [2.45, 2.75) is 38.9 Å². The molecule has 2 rings (SSSR count). The van der Waals surface area contributed by atoms with Gasteiger partial charge >= 0.3 is 5.97 Å². The zero-order valence-corrected chi connectivity index (χ0v) is 13.0. The van der Waals surface area contributed by atoms with Gasteiger partial charge in [0.25, 0.3) is 0 Å². The van der Waals surface area contributed by atoms with Gasteiger partial charge in [0, 0.05) is 6.08 Å². The van der Waals surface area contributed by atoms with Gasteiger partial charge in [0.15, 0.2) is 0 Å². The lowest BCUT2D eigenvalue weighted by Gasteiger charge is -2.23. The number of aryl methyl sites for hydroxylation is 1. The molecule has 1 aliphatic rings. The molecule has 0 radical (unpaired) electrons. The van der Waals surface area contributed by atoms with Crippen molar-refractivity contribution in [3.8, 4) is 0 Å². The maximum Gasteiger partial charge on any atom is 0.330 e. The fraction of sp³-hybridized carbons (Fsp3) is 0.438. The van der Waals surface area contributed by atoms with Crippen LogP contribution in [-0.2, 0) is 22.0 Å². The number of ether oxygens (including phenoxy) is 1. The van der Waals surface area contributed by atoms with Gasteiger partial charge in [-0.2, -0.15) is 0 Å². The second-order valence-corrected chi connectivity index (χ2v) is 10.5. The zero-order chi connectivity index (χ0) is 13.9. The summed E-state index contributed by atoms with van der Waals surface area (Å²) < 4.78 is 5.06. The first-order chi connectivity index (χ1) is 9.03. The molecule has 1 aromatic rings. The van der Waals surface area contributed by atoms with Gasteiger partial charge in [-0.15, -0.1) is 0 Å². The minimum atomic E-state index is -1.55. The quantitative estimate of drug-likeness (QED) is 0.469. The zero-order valence-electron chi connectivity index (χ0n) is 12.0. The van der Waals surface area contributed by atoms with Crippen LogP contribution in [0.4, 0.5) is 0 Å². The second-order valence-electron chi connectivity index (χ2n) is 5.75. The van der Waals surface area contributed by atoms with Crippen molar-refractivity contribution in [2.24, 2.45) is 0 Å². The van der Waals surface area contributed by atoms with Crippen molar-refractivity contribution in [3.63, 3.8) is 0 Å². The molecule has 3 heteroatoms. The van der Waals surface area contributed by atoms with E-state index in [-0.39, 0.29) is 5.97 Å². The Balaban J connectivity index is 2.28. The molecule has 0 aromatic heterocycles. The number of rotatable bonds is 2. The molecule has 1 heterocycles. The van der Waals surface area contributed by atoms with Crippen LogP contribution in [0.15, 0.2) is 35.5 Å². The van der Waals surface area contributed by atoms with Gasteiger partial charge in [-0.05, 0) is 36.9 Å². The highest BCUT2D eigenvalue weighted by Gasteiger charge is 2.30. The average Bonchev–Trinajstić information content (AvgIpc) is 2.47. The van der Waals surface area contributed by atoms with Gasteiger partial charge < -0.3 is 4.74 Å². The molecule has 102 valence electrons. The fourth-order valence-corrected chi connectivity index (χ4v) is 5.60. The van der Waals surface area contributed by atoms with Crippen molar-refractivity contribution in [1.82, 2.24) is 0 Å². The molecule has 0 fully saturated rings. The maximum absolute atomic E-state index is 11.7. The predicted molar refractivity (Wildman–Crippen MR) is 80.7 cm³/mol. The largest absolute Gasteiger partial charge is 0.463 e. The summed E-state index contributed by atoms with van der Waals surface area (Å²) in [5.41, 5.74) is 2.90. The Labute approximate surface area is 116 Å². The van der Waals surface area contributed by atoms with Crippen molar-refractivity contribution in [1.29, 1.82) is 0 Å². The number of hydrogen-bond donors (Lipinski definition) is 0. The molecule has 0 saturated heterocycles. The van der Waals surface area contributed by atoms with Crippen LogP contribution in [0.2, 0.25) is 13.1 Å². The summed E-state index contributed by atoms with van der Waals surface area (Å²) in [6, 6.07) is 9.79. The molecule has 0 spiro atoms. The summed E-state index contributed by atoms with van der Waals surface area (Å²) in [4.78, 5) is 11.7. The van der Waals surface area contributed by atoms with Crippen molar-refractivity contribution < 1.29 is 9.53 Å².